The Balaban J connectivity index is 2.34. The molecule has 0 bridgehead atoms. The Kier molecular flexibility index (Phi) is 5.16. The molecule has 1 fully saturated rings. The summed E-state index contributed by atoms with van der Waals surface area (Å²) in [6.07, 6.45) is 8.53. The highest BCUT2D eigenvalue weighted by molar-refractivity contribution is 6.18. The highest BCUT2D eigenvalue weighted by Gasteiger charge is 2.23. The molecule has 1 aliphatic carbocycles. The first-order valence-electron chi connectivity index (χ1n) is 5.80. The molecule has 0 aromatic heterocycles. The lowest BCUT2D eigenvalue weighted by atomic mass is 9.77. The lowest BCUT2D eigenvalue weighted by Gasteiger charge is -2.30. The van der Waals surface area contributed by atoms with Crippen molar-refractivity contribution >= 4 is 11.6 Å². The fraction of sp³-hybridized carbons (Fsp3) is 1.00. The van der Waals surface area contributed by atoms with Crippen LogP contribution < -0.4 is 0 Å². The molecule has 13 heavy (non-hydrogen) atoms. The number of rotatable bonds is 4. The minimum Gasteiger partial charge on any atom is -0.126 e. The predicted molar refractivity (Wildman–Crippen MR) is 60.2 cm³/mol. The number of halogens is 1. The van der Waals surface area contributed by atoms with Gasteiger partial charge >= 0.3 is 0 Å². The van der Waals surface area contributed by atoms with E-state index in [-0.39, 0.29) is 0 Å². The molecule has 0 N–H and O–H groups in total. The quantitative estimate of drug-likeness (QED) is 0.591. The maximum absolute atomic E-state index is 6.04. The average Bonchev–Trinajstić information content (AvgIpc) is 2.15. The van der Waals surface area contributed by atoms with E-state index in [9.17, 15) is 0 Å². The van der Waals surface area contributed by atoms with Crippen LogP contribution in [0.1, 0.15) is 52.4 Å². The molecule has 0 aromatic rings. The molecule has 0 saturated heterocycles. The second-order valence-corrected chi connectivity index (χ2v) is 5.25. The van der Waals surface area contributed by atoms with Crippen LogP contribution in [0.25, 0.3) is 0 Å². The summed E-state index contributed by atoms with van der Waals surface area (Å²) in [4.78, 5) is 0. The van der Waals surface area contributed by atoms with E-state index in [4.69, 9.17) is 11.6 Å². The first kappa shape index (κ1) is 11.4. The van der Waals surface area contributed by atoms with Gasteiger partial charge in [0, 0.05) is 5.88 Å². The summed E-state index contributed by atoms with van der Waals surface area (Å²) >= 11 is 6.04. The fourth-order valence-electron chi connectivity index (χ4n) is 2.59. The van der Waals surface area contributed by atoms with Crippen LogP contribution in [0.3, 0.4) is 0 Å². The van der Waals surface area contributed by atoms with Crippen molar-refractivity contribution in [1.29, 1.82) is 0 Å². The van der Waals surface area contributed by atoms with E-state index < -0.39 is 0 Å². The van der Waals surface area contributed by atoms with Crippen LogP contribution in [0.2, 0.25) is 0 Å². The zero-order chi connectivity index (χ0) is 9.68. The highest BCUT2D eigenvalue weighted by Crippen LogP contribution is 2.33. The minimum absolute atomic E-state index is 0.793. The fourth-order valence-corrected chi connectivity index (χ4v) is 2.97. The molecular weight excluding hydrogens is 180 g/mol. The molecule has 0 nitrogen and oxygen atoms in total. The Hall–Kier alpha value is 0.290. The molecule has 1 rings (SSSR count). The number of alkyl halides is 1. The van der Waals surface area contributed by atoms with Gasteiger partial charge in [-0.05, 0) is 24.2 Å². The zero-order valence-electron chi connectivity index (χ0n) is 9.06. The van der Waals surface area contributed by atoms with Crippen LogP contribution in [0.15, 0.2) is 0 Å². The molecule has 0 spiro atoms. The van der Waals surface area contributed by atoms with Crippen molar-refractivity contribution in [2.24, 2.45) is 17.8 Å². The van der Waals surface area contributed by atoms with E-state index in [1.807, 2.05) is 0 Å². The van der Waals surface area contributed by atoms with Gasteiger partial charge in [0.2, 0.25) is 0 Å². The van der Waals surface area contributed by atoms with E-state index in [1.54, 1.807) is 0 Å². The van der Waals surface area contributed by atoms with Gasteiger partial charge in [0.25, 0.3) is 0 Å². The van der Waals surface area contributed by atoms with Crippen molar-refractivity contribution in [2.75, 3.05) is 5.88 Å². The van der Waals surface area contributed by atoms with Crippen LogP contribution in [0.4, 0.5) is 0 Å². The predicted octanol–water partition coefficient (Wildman–Crippen LogP) is 4.47. The van der Waals surface area contributed by atoms with E-state index in [1.165, 1.54) is 38.5 Å². The first-order valence-corrected chi connectivity index (χ1v) is 6.33. The van der Waals surface area contributed by atoms with Crippen molar-refractivity contribution in [2.45, 2.75) is 52.4 Å². The zero-order valence-corrected chi connectivity index (χ0v) is 9.82. The second kappa shape index (κ2) is 5.90. The van der Waals surface area contributed by atoms with Crippen molar-refractivity contribution in [3.05, 3.63) is 0 Å². The van der Waals surface area contributed by atoms with Gasteiger partial charge in [0.15, 0.2) is 0 Å². The maximum Gasteiger partial charge on any atom is 0.0254 e. The van der Waals surface area contributed by atoms with Gasteiger partial charge in [-0.25, -0.2) is 0 Å². The van der Waals surface area contributed by atoms with Crippen LogP contribution in [-0.4, -0.2) is 5.88 Å². The number of hydrogen-bond acceptors (Lipinski definition) is 0. The van der Waals surface area contributed by atoms with Gasteiger partial charge in [0.05, 0.1) is 0 Å². The van der Waals surface area contributed by atoms with Crippen LogP contribution in [-0.2, 0) is 0 Å². The van der Waals surface area contributed by atoms with Crippen molar-refractivity contribution in [3.63, 3.8) is 0 Å². The van der Waals surface area contributed by atoms with Gasteiger partial charge < -0.3 is 0 Å². The molecule has 1 saturated carbocycles. The largest absolute Gasteiger partial charge is 0.126 e. The van der Waals surface area contributed by atoms with Crippen molar-refractivity contribution in [1.82, 2.24) is 0 Å². The molecule has 1 atom stereocenters. The van der Waals surface area contributed by atoms with E-state index in [0.29, 0.717) is 0 Å². The van der Waals surface area contributed by atoms with Crippen LogP contribution in [0, 0.1) is 17.8 Å². The Morgan fingerprint density at radius 2 is 1.77 bits per heavy atom. The third-order valence-corrected chi connectivity index (χ3v) is 3.69. The molecule has 0 aliphatic heterocycles. The van der Waals surface area contributed by atoms with Crippen LogP contribution in [0.5, 0.6) is 0 Å². The SMILES string of the molecule is CC(C)CC(CCl)C1CCCCC1. The Morgan fingerprint density at radius 3 is 2.23 bits per heavy atom. The topological polar surface area (TPSA) is 0 Å². The summed E-state index contributed by atoms with van der Waals surface area (Å²) in [5, 5.41) is 0. The van der Waals surface area contributed by atoms with Crippen LogP contribution >= 0.6 is 11.6 Å². The lowest BCUT2D eigenvalue weighted by Crippen LogP contribution is -2.20. The van der Waals surface area contributed by atoms with Gasteiger partial charge in [-0.1, -0.05) is 46.0 Å². The molecule has 78 valence electrons. The molecular formula is C12H23Cl. The van der Waals surface area contributed by atoms with E-state index >= 15 is 0 Å². The van der Waals surface area contributed by atoms with Gasteiger partial charge in [0.1, 0.15) is 0 Å². The van der Waals surface area contributed by atoms with E-state index in [2.05, 4.69) is 13.8 Å². The Bertz CT molecular complexity index is 125. The number of hydrogen-bond donors (Lipinski definition) is 0. The molecule has 1 unspecified atom stereocenters. The Labute approximate surface area is 88.1 Å². The third kappa shape index (κ3) is 3.89. The standard InChI is InChI=1S/C12H23Cl/c1-10(2)8-12(9-13)11-6-4-3-5-7-11/h10-12H,3-9H2,1-2H3. The summed E-state index contributed by atoms with van der Waals surface area (Å²) < 4.78 is 0. The lowest BCUT2D eigenvalue weighted by molar-refractivity contribution is 0.237. The molecule has 0 aromatic carbocycles. The molecule has 1 aliphatic rings. The first-order chi connectivity index (χ1) is 6.24. The average molecular weight is 203 g/mol. The van der Waals surface area contributed by atoms with Gasteiger partial charge in [-0.3, -0.25) is 0 Å². The normalized spacial score (nSPS) is 22.2. The Morgan fingerprint density at radius 1 is 1.15 bits per heavy atom. The summed E-state index contributed by atoms with van der Waals surface area (Å²) in [5.41, 5.74) is 0. The minimum atomic E-state index is 0.793. The molecule has 0 heterocycles. The van der Waals surface area contributed by atoms with Crippen molar-refractivity contribution < 1.29 is 0 Å². The summed E-state index contributed by atoms with van der Waals surface area (Å²) in [6.45, 7) is 4.62. The highest BCUT2D eigenvalue weighted by atomic mass is 35.5. The molecule has 0 radical (unpaired) electrons. The smallest absolute Gasteiger partial charge is 0.0254 e. The van der Waals surface area contributed by atoms with Crippen molar-refractivity contribution in [3.8, 4) is 0 Å². The molecule has 0 amide bonds. The van der Waals surface area contributed by atoms with Gasteiger partial charge in [-0.15, -0.1) is 11.6 Å². The van der Waals surface area contributed by atoms with Gasteiger partial charge in [-0.2, -0.15) is 0 Å². The monoisotopic (exact) mass is 202 g/mol. The maximum atomic E-state index is 6.04. The summed E-state index contributed by atoms with van der Waals surface area (Å²) in [5.74, 6) is 3.42. The second-order valence-electron chi connectivity index (χ2n) is 4.94. The summed E-state index contributed by atoms with van der Waals surface area (Å²) in [6, 6.07) is 0. The third-order valence-electron chi connectivity index (χ3n) is 3.29. The van der Waals surface area contributed by atoms with E-state index in [0.717, 1.165) is 23.6 Å². The molecule has 1 heteroatoms. The summed E-state index contributed by atoms with van der Waals surface area (Å²) in [7, 11) is 0.